The van der Waals surface area contributed by atoms with Crippen molar-refractivity contribution in [2.75, 3.05) is 18.9 Å². The lowest BCUT2D eigenvalue weighted by Gasteiger charge is -2.29. The predicted octanol–water partition coefficient (Wildman–Crippen LogP) is 1.75. The molecule has 0 saturated heterocycles. The average Bonchev–Trinajstić information content (AvgIpc) is 2.54. The maximum absolute atomic E-state index is 12.4. The van der Waals surface area contributed by atoms with Gasteiger partial charge in [-0.1, -0.05) is 12.8 Å². The molecule has 0 aliphatic heterocycles. The lowest BCUT2D eigenvalue weighted by molar-refractivity contribution is -0.122. The van der Waals surface area contributed by atoms with E-state index in [9.17, 15) is 9.59 Å². The van der Waals surface area contributed by atoms with Crippen LogP contribution in [0.15, 0.2) is 24.3 Å². The van der Waals surface area contributed by atoms with E-state index in [0.717, 1.165) is 25.7 Å². The summed E-state index contributed by atoms with van der Waals surface area (Å²) >= 11 is 0. The molecule has 0 radical (unpaired) electrons. The van der Waals surface area contributed by atoms with E-state index in [1.54, 1.807) is 31.3 Å². The van der Waals surface area contributed by atoms with E-state index >= 15 is 0 Å². The summed E-state index contributed by atoms with van der Waals surface area (Å²) in [7, 11) is 1.59. The molecule has 1 aromatic rings. The molecule has 1 aromatic carbocycles. The smallest absolute Gasteiger partial charge is 0.251 e. The first-order valence-corrected chi connectivity index (χ1v) is 7.48. The SMILES string of the molecule is CNC(=O)c1ccc(NC(=O)C2CCCCC2CN)cc1. The minimum atomic E-state index is -0.136. The number of hydrogen-bond acceptors (Lipinski definition) is 3. The highest BCUT2D eigenvalue weighted by molar-refractivity contribution is 5.96. The average molecular weight is 289 g/mol. The Morgan fingerprint density at radius 2 is 1.86 bits per heavy atom. The van der Waals surface area contributed by atoms with Crippen LogP contribution in [0.2, 0.25) is 0 Å². The number of hydrogen-bond donors (Lipinski definition) is 3. The van der Waals surface area contributed by atoms with Crippen molar-refractivity contribution in [3.63, 3.8) is 0 Å². The Morgan fingerprint density at radius 3 is 2.48 bits per heavy atom. The van der Waals surface area contributed by atoms with Gasteiger partial charge in [-0.25, -0.2) is 0 Å². The normalized spacial score (nSPS) is 21.6. The monoisotopic (exact) mass is 289 g/mol. The van der Waals surface area contributed by atoms with Gasteiger partial charge in [0.2, 0.25) is 5.91 Å². The van der Waals surface area contributed by atoms with Crippen LogP contribution in [0, 0.1) is 11.8 Å². The van der Waals surface area contributed by atoms with Gasteiger partial charge in [0.1, 0.15) is 0 Å². The number of nitrogens with one attached hydrogen (secondary N) is 2. The third-order valence-corrected chi connectivity index (χ3v) is 4.19. The van der Waals surface area contributed by atoms with Crippen molar-refractivity contribution in [3.8, 4) is 0 Å². The van der Waals surface area contributed by atoms with Crippen molar-refractivity contribution in [2.24, 2.45) is 17.6 Å². The van der Waals surface area contributed by atoms with Crippen LogP contribution in [0.1, 0.15) is 36.0 Å². The fourth-order valence-corrected chi connectivity index (χ4v) is 2.92. The number of rotatable bonds is 4. The maximum Gasteiger partial charge on any atom is 0.251 e. The molecule has 2 unspecified atom stereocenters. The second-order valence-corrected chi connectivity index (χ2v) is 5.53. The zero-order valence-corrected chi connectivity index (χ0v) is 12.4. The summed E-state index contributed by atoms with van der Waals surface area (Å²) in [5.74, 6) is 0.187. The molecule has 0 heterocycles. The lowest BCUT2D eigenvalue weighted by Crippen LogP contribution is -2.35. The van der Waals surface area contributed by atoms with E-state index in [1.807, 2.05) is 0 Å². The molecule has 1 fully saturated rings. The molecule has 5 heteroatoms. The van der Waals surface area contributed by atoms with Gasteiger partial charge in [0.15, 0.2) is 0 Å². The third kappa shape index (κ3) is 3.82. The van der Waals surface area contributed by atoms with Gasteiger partial charge in [0, 0.05) is 24.2 Å². The van der Waals surface area contributed by atoms with Crippen molar-refractivity contribution in [2.45, 2.75) is 25.7 Å². The van der Waals surface area contributed by atoms with Gasteiger partial charge in [0.25, 0.3) is 5.91 Å². The number of nitrogens with two attached hydrogens (primary N) is 1. The van der Waals surface area contributed by atoms with E-state index < -0.39 is 0 Å². The Bertz CT molecular complexity index is 499. The highest BCUT2D eigenvalue weighted by Gasteiger charge is 2.29. The summed E-state index contributed by atoms with van der Waals surface area (Å²) in [6.45, 7) is 0.563. The topological polar surface area (TPSA) is 84.2 Å². The molecule has 0 spiro atoms. The highest BCUT2D eigenvalue weighted by Crippen LogP contribution is 2.30. The van der Waals surface area contributed by atoms with Crippen LogP contribution in [-0.2, 0) is 4.79 Å². The van der Waals surface area contributed by atoms with Gasteiger partial charge in [0.05, 0.1) is 0 Å². The summed E-state index contributed by atoms with van der Waals surface area (Å²) in [6.07, 6.45) is 4.19. The van der Waals surface area contributed by atoms with Crippen LogP contribution in [0.5, 0.6) is 0 Å². The van der Waals surface area contributed by atoms with Gasteiger partial charge in [-0.2, -0.15) is 0 Å². The molecular formula is C16H23N3O2. The Morgan fingerprint density at radius 1 is 1.19 bits per heavy atom. The Labute approximate surface area is 125 Å². The maximum atomic E-state index is 12.4. The van der Waals surface area contributed by atoms with Gasteiger partial charge in [-0.05, 0) is 49.6 Å². The van der Waals surface area contributed by atoms with Crippen molar-refractivity contribution < 1.29 is 9.59 Å². The van der Waals surface area contributed by atoms with Gasteiger partial charge in [-0.3, -0.25) is 9.59 Å². The predicted molar refractivity (Wildman–Crippen MR) is 83.0 cm³/mol. The highest BCUT2D eigenvalue weighted by atomic mass is 16.2. The largest absolute Gasteiger partial charge is 0.355 e. The van der Waals surface area contributed by atoms with Crippen LogP contribution in [0.3, 0.4) is 0 Å². The molecule has 2 amide bonds. The number of benzene rings is 1. The van der Waals surface area contributed by atoms with Crippen molar-refractivity contribution in [3.05, 3.63) is 29.8 Å². The van der Waals surface area contributed by atoms with Gasteiger partial charge >= 0.3 is 0 Å². The third-order valence-electron chi connectivity index (χ3n) is 4.19. The molecule has 1 aliphatic carbocycles. The van der Waals surface area contributed by atoms with E-state index in [1.165, 1.54) is 0 Å². The van der Waals surface area contributed by atoms with Crippen LogP contribution in [-0.4, -0.2) is 25.4 Å². The first-order chi connectivity index (χ1) is 10.2. The summed E-state index contributed by atoms with van der Waals surface area (Å²) in [4.78, 5) is 23.8. The second kappa shape index (κ2) is 7.22. The van der Waals surface area contributed by atoms with Crippen molar-refractivity contribution >= 4 is 17.5 Å². The van der Waals surface area contributed by atoms with Gasteiger partial charge < -0.3 is 16.4 Å². The number of carbonyl (C=O) groups is 2. The van der Waals surface area contributed by atoms with Crippen molar-refractivity contribution in [1.82, 2.24) is 5.32 Å². The lowest BCUT2D eigenvalue weighted by atomic mass is 9.78. The molecule has 4 N–H and O–H groups in total. The molecule has 1 saturated carbocycles. The minimum absolute atomic E-state index is 0.00219. The number of amides is 2. The fraction of sp³-hybridized carbons (Fsp3) is 0.500. The second-order valence-electron chi connectivity index (χ2n) is 5.53. The van der Waals surface area contributed by atoms with E-state index in [-0.39, 0.29) is 23.7 Å². The molecule has 0 aromatic heterocycles. The van der Waals surface area contributed by atoms with E-state index in [0.29, 0.717) is 17.8 Å². The first-order valence-electron chi connectivity index (χ1n) is 7.48. The fourth-order valence-electron chi connectivity index (χ4n) is 2.92. The Balaban J connectivity index is 2.00. The summed E-state index contributed by atoms with van der Waals surface area (Å²) in [6, 6.07) is 6.91. The van der Waals surface area contributed by atoms with Gasteiger partial charge in [-0.15, -0.1) is 0 Å². The van der Waals surface area contributed by atoms with E-state index in [4.69, 9.17) is 5.73 Å². The Kier molecular flexibility index (Phi) is 5.33. The molecular weight excluding hydrogens is 266 g/mol. The number of carbonyl (C=O) groups excluding carboxylic acids is 2. The zero-order valence-electron chi connectivity index (χ0n) is 12.4. The standard InChI is InChI=1S/C16H23N3O2/c1-18-15(20)11-6-8-13(9-7-11)19-16(21)14-5-3-2-4-12(14)10-17/h6-9,12,14H,2-5,10,17H2,1H3,(H,18,20)(H,19,21). The molecule has 1 aliphatic rings. The zero-order chi connectivity index (χ0) is 15.2. The summed E-state index contributed by atoms with van der Waals surface area (Å²) < 4.78 is 0. The molecule has 2 atom stereocenters. The molecule has 0 bridgehead atoms. The quantitative estimate of drug-likeness (QED) is 0.789. The minimum Gasteiger partial charge on any atom is -0.355 e. The Hall–Kier alpha value is -1.88. The van der Waals surface area contributed by atoms with E-state index in [2.05, 4.69) is 10.6 Å². The van der Waals surface area contributed by atoms with Crippen LogP contribution < -0.4 is 16.4 Å². The molecule has 21 heavy (non-hydrogen) atoms. The first kappa shape index (κ1) is 15.5. The molecule has 2 rings (SSSR count). The number of anilines is 1. The summed E-state index contributed by atoms with van der Waals surface area (Å²) in [5.41, 5.74) is 7.06. The van der Waals surface area contributed by atoms with Crippen LogP contribution in [0.4, 0.5) is 5.69 Å². The van der Waals surface area contributed by atoms with Crippen LogP contribution >= 0.6 is 0 Å². The molecule has 114 valence electrons. The van der Waals surface area contributed by atoms with Crippen LogP contribution in [0.25, 0.3) is 0 Å². The van der Waals surface area contributed by atoms with Crippen molar-refractivity contribution in [1.29, 1.82) is 0 Å². The summed E-state index contributed by atoms with van der Waals surface area (Å²) in [5, 5.41) is 5.50. The molecule has 5 nitrogen and oxygen atoms in total.